The molecule has 0 saturated carbocycles. The van der Waals surface area contributed by atoms with E-state index in [1.54, 1.807) is 11.3 Å². The van der Waals surface area contributed by atoms with E-state index in [9.17, 15) is 18.0 Å². The number of rotatable bonds is 3. The van der Waals surface area contributed by atoms with Gasteiger partial charge in [-0.3, -0.25) is 14.6 Å². The molecule has 0 aliphatic carbocycles. The summed E-state index contributed by atoms with van der Waals surface area (Å²) in [6.07, 6.45) is -3.21. The highest BCUT2D eigenvalue weighted by Gasteiger charge is 2.49. The summed E-state index contributed by atoms with van der Waals surface area (Å²) in [5, 5.41) is 10.4. The molecule has 164 valence electrons. The molecule has 3 rings (SSSR count). The molecular weight excluding hydrogens is 409 g/mol. The first-order chi connectivity index (χ1) is 13.5. The molecular formula is C18H27F3N4O3S. The molecule has 2 fully saturated rings. The second-order valence-electron chi connectivity index (χ2n) is 7.27. The van der Waals surface area contributed by atoms with E-state index in [1.165, 1.54) is 0 Å². The number of carbonyl (C=O) groups excluding carboxylic acids is 1. The lowest BCUT2D eigenvalue weighted by molar-refractivity contribution is -0.192. The maximum atomic E-state index is 12.8. The Balaban J connectivity index is 0.000000370. The Morgan fingerprint density at radius 3 is 2.31 bits per heavy atom. The van der Waals surface area contributed by atoms with E-state index in [1.807, 2.05) is 11.9 Å². The van der Waals surface area contributed by atoms with Gasteiger partial charge in [-0.15, -0.1) is 11.3 Å². The molecule has 2 aliphatic heterocycles. The van der Waals surface area contributed by atoms with Gasteiger partial charge in [0, 0.05) is 45.2 Å². The summed E-state index contributed by atoms with van der Waals surface area (Å²) in [7, 11) is 1.95. The predicted octanol–water partition coefficient (Wildman–Crippen LogP) is 2.21. The molecule has 29 heavy (non-hydrogen) atoms. The van der Waals surface area contributed by atoms with Crippen molar-refractivity contribution in [3.05, 3.63) is 16.1 Å². The fraction of sp³-hybridized carbons (Fsp3) is 0.722. The van der Waals surface area contributed by atoms with E-state index in [0.29, 0.717) is 5.91 Å². The smallest absolute Gasteiger partial charge is 0.475 e. The number of piperidine rings is 1. The van der Waals surface area contributed by atoms with Crippen LogP contribution in [0.2, 0.25) is 0 Å². The molecule has 1 N–H and O–H groups in total. The van der Waals surface area contributed by atoms with E-state index in [4.69, 9.17) is 9.90 Å². The number of nitrogens with zero attached hydrogens (tertiary/aromatic N) is 4. The zero-order valence-corrected chi connectivity index (χ0v) is 17.6. The molecule has 0 unspecified atom stereocenters. The molecule has 1 aromatic heterocycles. The first-order valence-electron chi connectivity index (χ1n) is 9.43. The fourth-order valence-corrected chi connectivity index (χ4v) is 4.46. The van der Waals surface area contributed by atoms with Gasteiger partial charge in [0.05, 0.1) is 10.7 Å². The summed E-state index contributed by atoms with van der Waals surface area (Å²) >= 11 is 1.71. The second-order valence-corrected chi connectivity index (χ2v) is 8.34. The van der Waals surface area contributed by atoms with Crippen LogP contribution >= 0.6 is 11.3 Å². The van der Waals surface area contributed by atoms with Gasteiger partial charge < -0.3 is 10.0 Å². The van der Waals surface area contributed by atoms with Crippen LogP contribution in [-0.4, -0.2) is 88.2 Å². The molecule has 3 heterocycles. The zero-order chi connectivity index (χ0) is 21.8. The van der Waals surface area contributed by atoms with Crippen molar-refractivity contribution < 1.29 is 27.9 Å². The molecule has 1 amide bonds. The highest BCUT2D eigenvalue weighted by molar-refractivity contribution is 7.09. The van der Waals surface area contributed by atoms with E-state index in [2.05, 4.69) is 34.0 Å². The van der Waals surface area contributed by atoms with Crippen LogP contribution in [0.3, 0.4) is 0 Å². The van der Waals surface area contributed by atoms with Crippen molar-refractivity contribution in [1.29, 1.82) is 0 Å². The number of alkyl halides is 3. The Labute approximate surface area is 172 Å². The predicted molar refractivity (Wildman–Crippen MR) is 103 cm³/mol. The largest absolute Gasteiger partial charge is 0.490 e. The van der Waals surface area contributed by atoms with E-state index < -0.39 is 12.1 Å². The number of aryl methyl sites for hydroxylation is 1. The summed E-state index contributed by atoms with van der Waals surface area (Å²) in [4.78, 5) is 33.0. The van der Waals surface area contributed by atoms with Crippen LogP contribution in [0.4, 0.5) is 13.2 Å². The Kier molecular flexibility index (Phi) is 7.63. The summed E-state index contributed by atoms with van der Waals surface area (Å²) < 4.78 is 31.7. The van der Waals surface area contributed by atoms with Crippen LogP contribution in [0, 0.1) is 6.92 Å². The maximum absolute atomic E-state index is 12.8. The molecule has 7 nitrogen and oxygen atoms in total. The van der Waals surface area contributed by atoms with E-state index in [-0.39, 0.29) is 5.54 Å². The summed E-state index contributed by atoms with van der Waals surface area (Å²) in [6, 6.07) is 0. The Morgan fingerprint density at radius 1 is 1.28 bits per heavy atom. The summed E-state index contributed by atoms with van der Waals surface area (Å²) in [6.45, 7) is 9.92. The maximum Gasteiger partial charge on any atom is 0.490 e. The lowest BCUT2D eigenvalue weighted by atomic mass is 9.82. The molecule has 0 atom stereocenters. The van der Waals surface area contributed by atoms with Crippen molar-refractivity contribution in [3.63, 3.8) is 0 Å². The van der Waals surface area contributed by atoms with Crippen LogP contribution in [0.15, 0.2) is 5.38 Å². The van der Waals surface area contributed by atoms with E-state index in [0.717, 1.165) is 62.8 Å². The topological polar surface area (TPSA) is 77.0 Å². The van der Waals surface area contributed by atoms with Crippen molar-refractivity contribution in [1.82, 2.24) is 19.7 Å². The molecule has 1 spiro atoms. The van der Waals surface area contributed by atoms with E-state index >= 15 is 0 Å². The molecule has 0 radical (unpaired) electrons. The standard InChI is InChI=1S/C16H26N4OS.C2HF3O2/c1-4-20-10-9-18(3)15(21)16(20)5-7-19(8-6-16)11-14-12-22-13(2)17-14;3-2(4,5)1(6)7/h12H,4-11H2,1-3H3;(H,6,7). The van der Waals surface area contributed by atoms with Gasteiger partial charge in [0.25, 0.3) is 0 Å². The van der Waals surface area contributed by atoms with Crippen LogP contribution in [-0.2, 0) is 16.1 Å². The molecule has 0 bridgehead atoms. The third-order valence-corrected chi connectivity index (χ3v) is 6.24. The normalized spacial score (nSPS) is 20.5. The number of hydrogen-bond donors (Lipinski definition) is 1. The number of carbonyl (C=O) groups is 2. The van der Waals surface area contributed by atoms with Crippen molar-refractivity contribution in [2.24, 2.45) is 0 Å². The number of aromatic nitrogens is 1. The van der Waals surface area contributed by atoms with Gasteiger partial charge >= 0.3 is 12.1 Å². The van der Waals surface area contributed by atoms with Crippen LogP contribution in [0.25, 0.3) is 0 Å². The van der Waals surface area contributed by atoms with Gasteiger partial charge in [-0.1, -0.05) is 6.92 Å². The minimum Gasteiger partial charge on any atom is -0.475 e. The highest BCUT2D eigenvalue weighted by atomic mass is 32.1. The number of likely N-dealkylation sites (N-methyl/N-ethyl adjacent to an activating group) is 2. The SMILES string of the molecule is CCN1CCN(C)C(=O)C12CCN(Cc1csc(C)n1)CC2.O=C(O)C(F)(F)F. The average molecular weight is 437 g/mol. The van der Waals surface area contributed by atoms with Crippen LogP contribution < -0.4 is 0 Å². The minimum atomic E-state index is -5.08. The lowest BCUT2D eigenvalue weighted by Gasteiger charge is -2.52. The molecule has 11 heteroatoms. The minimum absolute atomic E-state index is 0.254. The number of thiazole rings is 1. The number of carboxylic acids is 1. The first kappa shape index (κ1) is 23.6. The molecule has 0 aromatic carbocycles. The van der Waals surface area contributed by atoms with Gasteiger partial charge in [-0.25, -0.2) is 9.78 Å². The molecule has 2 saturated heterocycles. The number of hydrogen-bond acceptors (Lipinski definition) is 6. The van der Waals surface area contributed by atoms with Crippen molar-refractivity contribution in [2.75, 3.05) is 39.8 Å². The fourth-order valence-electron chi connectivity index (χ4n) is 3.86. The number of aliphatic carboxylic acids is 1. The quantitative estimate of drug-likeness (QED) is 0.783. The van der Waals surface area contributed by atoms with Gasteiger partial charge in [0.15, 0.2) is 0 Å². The third kappa shape index (κ3) is 5.67. The summed E-state index contributed by atoms with van der Waals surface area (Å²) in [5.41, 5.74) is 0.911. The number of amides is 1. The number of piperazine rings is 1. The van der Waals surface area contributed by atoms with Crippen LogP contribution in [0.1, 0.15) is 30.5 Å². The Morgan fingerprint density at radius 2 is 1.86 bits per heavy atom. The average Bonchev–Trinajstić information content (AvgIpc) is 3.06. The number of halogens is 3. The van der Waals surface area contributed by atoms with Crippen molar-refractivity contribution >= 4 is 23.2 Å². The lowest BCUT2D eigenvalue weighted by Crippen LogP contribution is -2.67. The molecule has 2 aliphatic rings. The number of likely N-dealkylation sites (tertiary alicyclic amines) is 1. The highest BCUT2D eigenvalue weighted by Crippen LogP contribution is 2.33. The second kappa shape index (κ2) is 9.40. The van der Waals surface area contributed by atoms with Crippen LogP contribution in [0.5, 0.6) is 0 Å². The van der Waals surface area contributed by atoms with Gasteiger partial charge in [0.1, 0.15) is 5.54 Å². The number of carboxylic acid groups (broad SMARTS) is 1. The van der Waals surface area contributed by atoms with Gasteiger partial charge in [-0.05, 0) is 26.3 Å². The summed E-state index contributed by atoms with van der Waals surface area (Å²) in [5.74, 6) is -2.43. The van der Waals surface area contributed by atoms with Crippen molar-refractivity contribution in [2.45, 2.75) is 44.9 Å². The van der Waals surface area contributed by atoms with Gasteiger partial charge in [0.2, 0.25) is 5.91 Å². The third-order valence-electron chi connectivity index (χ3n) is 5.42. The molecule has 1 aromatic rings. The first-order valence-corrected chi connectivity index (χ1v) is 10.3. The Bertz CT molecular complexity index is 717. The Hall–Kier alpha value is -1.72. The zero-order valence-electron chi connectivity index (χ0n) is 16.8. The van der Waals surface area contributed by atoms with Gasteiger partial charge in [-0.2, -0.15) is 13.2 Å². The van der Waals surface area contributed by atoms with Crippen molar-refractivity contribution in [3.8, 4) is 0 Å². The monoisotopic (exact) mass is 436 g/mol.